The summed E-state index contributed by atoms with van der Waals surface area (Å²) in [6.07, 6.45) is 0.915. The molecule has 7 heteroatoms. The van der Waals surface area contributed by atoms with Gasteiger partial charge in [-0.15, -0.1) is 11.3 Å². The van der Waals surface area contributed by atoms with E-state index >= 15 is 0 Å². The highest BCUT2D eigenvalue weighted by Crippen LogP contribution is 2.23. The molecule has 2 N–H and O–H groups in total. The monoisotopic (exact) mass is 395 g/mol. The molecule has 2 heterocycles. The van der Waals surface area contributed by atoms with E-state index in [0.717, 1.165) is 58.3 Å². The summed E-state index contributed by atoms with van der Waals surface area (Å²) in [4.78, 5) is 12.1. The second-order valence-corrected chi connectivity index (χ2v) is 9.60. The van der Waals surface area contributed by atoms with E-state index in [1.165, 1.54) is 10.7 Å². The molecule has 0 radical (unpaired) electrons. The van der Waals surface area contributed by atoms with Crippen LogP contribution in [0.15, 0.2) is 10.4 Å². The molecule has 1 aromatic rings. The molecule has 2 rings (SSSR count). The summed E-state index contributed by atoms with van der Waals surface area (Å²) in [5.74, 6) is 0.881. The largest absolute Gasteiger partial charge is 0.379 e. The standard InChI is InChI=1S/C20H37N5OS/c1-7-21-18(23-15-20(5,6)25-10-12-26-13-11-25)22-9-8-17-24-16(14-27-17)19(2,3)4/h14H,7-13,15H2,1-6H3,(H2,21,22,23). The van der Waals surface area contributed by atoms with E-state index in [1.54, 1.807) is 11.3 Å². The van der Waals surface area contributed by atoms with Crippen molar-refractivity contribution in [2.24, 2.45) is 4.99 Å². The highest BCUT2D eigenvalue weighted by atomic mass is 32.1. The Hall–Kier alpha value is -1.18. The summed E-state index contributed by atoms with van der Waals surface area (Å²) >= 11 is 1.75. The van der Waals surface area contributed by atoms with Crippen molar-refractivity contribution in [1.82, 2.24) is 20.5 Å². The fourth-order valence-corrected chi connectivity index (χ4v) is 3.97. The molecule has 0 bridgehead atoms. The van der Waals surface area contributed by atoms with Crippen molar-refractivity contribution >= 4 is 17.3 Å². The van der Waals surface area contributed by atoms with Crippen molar-refractivity contribution in [3.63, 3.8) is 0 Å². The maximum absolute atomic E-state index is 5.47. The minimum absolute atomic E-state index is 0.0308. The van der Waals surface area contributed by atoms with Crippen LogP contribution in [0.1, 0.15) is 52.2 Å². The molecule has 6 nitrogen and oxygen atoms in total. The number of aliphatic imine (C=N–C) groups is 1. The molecule has 1 fully saturated rings. The van der Waals surface area contributed by atoms with Gasteiger partial charge in [-0.05, 0) is 20.8 Å². The van der Waals surface area contributed by atoms with Crippen LogP contribution in [0.3, 0.4) is 0 Å². The maximum Gasteiger partial charge on any atom is 0.191 e. The number of ether oxygens (including phenoxy) is 1. The maximum atomic E-state index is 5.47. The molecule has 0 atom stereocenters. The van der Waals surface area contributed by atoms with E-state index in [0.29, 0.717) is 0 Å². The summed E-state index contributed by atoms with van der Waals surface area (Å²) in [7, 11) is 0. The Bertz CT molecular complexity index is 600. The third-order valence-electron chi connectivity index (χ3n) is 4.79. The summed E-state index contributed by atoms with van der Waals surface area (Å²) in [5.41, 5.74) is 1.32. The Labute approximate surface area is 168 Å². The lowest BCUT2D eigenvalue weighted by atomic mass is 9.93. The molecule has 0 spiro atoms. The lowest BCUT2D eigenvalue weighted by Gasteiger charge is -2.39. The van der Waals surface area contributed by atoms with Gasteiger partial charge in [0.1, 0.15) is 0 Å². The summed E-state index contributed by atoms with van der Waals surface area (Å²) < 4.78 is 5.47. The van der Waals surface area contributed by atoms with Gasteiger partial charge in [-0.25, -0.2) is 4.98 Å². The van der Waals surface area contributed by atoms with Gasteiger partial charge in [0, 0.05) is 48.9 Å². The van der Waals surface area contributed by atoms with Crippen molar-refractivity contribution in [2.45, 2.75) is 58.9 Å². The van der Waals surface area contributed by atoms with Crippen LogP contribution < -0.4 is 10.6 Å². The van der Waals surface area contributed by atoms with Crippen LogP contribution in [-0.2, 0) is 16.6 Å². The van der Waals surface area contributed by atoms with Gasteiger partial charge in [0.25, 0.3) is 0 Å². The lowest BCUT2D eigenvalue weighted by molar-refractivity contribution is -0.00683. The fourth-order valence-electron chi connectivity index (χ4n) is 2.94. The molecule has 154 valence electrons. The highest BCUT2D eigenvalue weighted by Gasteiger charge is 2.28. The van der Waals surface area contributed by atoms with Gasteiger partial charge in [0.2, 0.25) is 0 Å². The van der Waals surface area contributed by atoms with E-state index in [1.807, 2.05) is 0 Å². The predicted octanol–water partition coefficient (Wildman–Crippen LogP) is 2.65. The first-order valence-corrected chi connectivity index (χ1v) is 10.9. The molecule has 1 aliphatic heterocycles. The zero-order valence-electron chi connectivity index (χ0n) is 17.9. The van der Waals surface area contributed by atoms with E-state index < -0.39 is 0 Å². The van der Waals surface area contributed by atoms with Crippen LogP contribution >= 0.6 is 11.3 Å². The van der Waals surface area contributed by atoms with Crippen LogP contribution in [0, 0.1) is 0 Å². The molecule has 1 aliphatic rings. The Kier molecular flexibility index (Phi) is 8.06. The number of thiazole rings is 1. The number of rotatable bonds is 7. The number of hydrogen-bond acceptors (Lipinski definition) is 5. The third kappa shape index (κ3) is 7.05. The molecule has 1 saturated heterocycles. The molecular weight excluding hydrogens is 358 g/mol. The Balaban J connectivity index is 1.86. The third-order valence-corrected chi connectivity index (χ3v) is 5.70. The van der Waals surface area contributed by atoms with Crippen LogP contribution in [0.25, 0.3) is 0 Å². The van der Waals surface area contributed by atoms with E-state index in [4.69, 9.17) is 14.7 Å². The predicted molar refractivity (Wildman–Crippen MR) is 115 cm³/mol. The molecule has 0 amide bonds. The second kappa shape index (κ2) is 9.85. The Morgan fingerprint density at radius 2 is 1.93 bits per heavy atom. The van der Waals surface area contributed by atoms with Crippen molar-refractivity contribution in [1.29, 1.82) is 0 Å². The molecule has 27 heavy (non-hydrogen) atoms. The van der Waals surface area contributed by atoms with Crippen LogP contribution in [0.4, 0.5) is 0 Å². The first-order chi connectivity index (χ1) is 12.7. The quantitative estimate of drug-likeness (QED) is 0.549. The summed E-state index contributed by atoms with van der Waals surface area (Å²) in [6, 6.07) is 0. The van der Waals surface area contributed by atoms with Gasteiger partial charge < -0.3 is 15.4 Å². The second-order valence-electron chi connectivity index (χ2n) is 8.66. The molecule has 0 saturated carbocycles. The number of nitrogens with one attached hydrogen (secondary N) is 2. The van der Waals surface area contributed by atoms with Gasteiger partial charge in [0.15, 0.2) is 5.96 Å². The molecular formula is C20H37N5OS. The van der Waals surface area contributed by atoms with E-state index in [2.05, 4.69) is 62.5 Å². The van der Waals surface area contributed by atoms with Crippen LogP contribution in [0.5, 0.6) is 0 Å². The summed E-state index contributed by atoms with van der Waals surface area (Å²) in [6.45, 7) is 19.3. The van der Waals surface area contributed by atoms with Crippen molar-refractivity contribution < 1.29 is 4.74 Å². The van der Waals surface area contributed by atoms with Gasteiger partial charge in [-0.2, -0.15) is 0 Å². The normalized spacial score (nSPS) is 17.2. The molecule has 1 aromatic heterocycles. The SMILES string of the molecule is CCNC(=NCC(C)(C)N1CCOCC1)NCCc1nc(C(C)(C)C)cs1. The first kappa shape index (κ1) is 22.1. The number of nitrogens with zero attached hydrogens (tertiary/aromatic N) is 3. The Morgan fingerprint density at radius 1 is 1.22 bits per heavy atom. The van der Waals surface area contributed by atoms with Gasteiger partial charge in [-0.1, -0.05) is 20.8 Å². The summed E-state index contributed by atoms with van der Waals surface area (Å²) in [5, 5.41) is 10.2. The van der Waals surface area contributed by atoms with Crippen LogP contribution in [-0.4, -0.2) is 67.3 Å². The average molecular weight is 396 g/mol. The van der Waals surface area contributed by atoms with Crippen LogP contribution in [0.2, 0.25) is 0 Å². The molecule has 0 aromatic carbocycles. The van der Waals surface area contributed by atoms with E-state index in [-0.39, 0.29) is 11.0 Å². The van der Waals surface area contributed by atoms with Gasteiger partial charge in [-0.3, -0.25) is 9.89 Å². The molecule has 0 unspecified atom stereocenters. The van der Waals surface area contributed by atoms with E-state index in [9.17, 15) is 0 Å². The number of morpholine rings is 1. The number of aromatic nitrogens is 1. The van der Waals surface area contributed by atoms with Gasteiger partial charge >= 0.3 is 0 Å². The zero-order valence-corrected chi connectivity index (χ0v) is 18.7. The van der Waals surface area contributed by atoms with Crippen molar-refractivity contribution in [2.75, 3.05) is 45.9 Å². The van der Waals surface area contributed by atoms with Crippen molar-refractivity contribution in [3.8, 4) is 0 Å². The van der Waals surface area contributed by atoms with Gasteiger partial charge in [0.05, 0.1) is 30.5 Å². The average Bonchev–Trinajstić information content (AvgIpc) is 3.10. The first-order valence-electron chi connectivity index (χ1n) is 10.0. The number of guanidine groups is 1. The smallest absolute Gasteiger partial charge is 0.191 e. The fraction of sp³-hybridized carbons (Fsp3) is 0.800. The number of hydrogen-bond donors (Lipinski definition) is 2. The lowest BCUT2D eigenvalue weighted by Crippen LogP contribution is -2.52. The minimum atomic E-state index is 0.0308. The highest BCUT2D eigenvalue weighted by molar-refractivity contribution is 7.09. The van der Waals surface area contributed by atoms with Crippen molar-refractivity contribution in [3.05, 3.63) is 16.1 Å². The minimum Gasteiger partial charge on any atom is -0.379 e. The molecule has 0 aliphatic carbocycles. The Morgan fingerprint density at radius 3 is 2.52 bits per heavy atom. The topological polar surface area (TPSA) is 61.8 Å². The zero-order chi connectivity index (χ0) is 19.9.